The highest BCUT2D eigenvalue weighted by Crippen LogP contribution is 2.47. The van der Waals surface area contributed by atoms with Gasteiger partial charge in [0, 0.05) is 5.92 Å². The SMILES string of the molecule is CC1CC1c1ccc(Cn2nccc2N)o1. The second kappa shape index (κ2) is 3.40. The Bertz CT molecular complexity index is 500. The molecule has 0 aliphatic heterocycles. The molecule has 1 fully saturated rings. The lowest BCUT2D eigenvalue weighted by atomic mass is 10.3. The highest BCUT2D eigenvalue weighted by atomic mass is 16.3. The summed E-state index contributed by atoms with van der Waals surface area (Å²) in [5, 5.41) is 4.13. The second-order valence-corrected chi connectivity index (χ2v) is 4.54. The predicted molar refractivity (Wildman–Crippen MR) is 61.0 cm³/mol. The molecule has 0 amide bonds. The Morgan fingerprint density at radius 1 is 1.50 bits per heavy atom. The van der Waals surface area contributed by atoms with E-state index in [9.17, 15) is 0 Å². The average Bonchev–Trinajstić information content (AvgIpc) is 2.67. The smallest absolute Gasteiger partial charge is 0.125 e. The van der Waals surface area contributed by atoms with Crippen LogP contribution in [0, 0.1) is 5.92 Å². The van der Waals surface area contributed by atoms with Crippen LogP contribution in [0.2, 0.25) is 0 Å². The van der Waals surface area contributed by atoms with E-state index in [0.29, 0.717) is 18.3 Å². The minimum atomic E-state index is 0.611. The summed E-state index contributed by atoms with van der Waals surface area (Å²) in [5.41, 5.74) is 5.75. The van der Waals surface area contributed by atoms with E-state index in [1.165, 1.54) is 6.42 Å². The van der Waals surface area contributed by atoms with Gasteiger partial charge in [0.2, 0.25) is 0 Å². The Morgan fingerprint density at radius 2 is 2.31 bits per heavy atom. The van der Waals surface area contributed by atoms with E-state index in [4.69, 9.17) is 10.2 Å². The number of hydrogen-bond donors (Lipinski definition) is 1. The van der Waals surface area contributed by atoms with Crippen LogP contribution >= 0.6 is 0 Å². The first-order valence-corrected chi connectivity index (χ1v) is 5.60. The standard InChI is InChI=1S/C12H15N3O/c1-8-6-10(8)11-3-2-9(16-11)7-15-12(13)4-5-14-15/h2-5,8,10H,6-7,13H2,1H3. The number of aromatic nitrogens is 2. The van der Waals surface area contributed by atoms with E-state index in [1.807, 2.05) is 6.07 Å². The first-order chi connectivity index (χ1) is 7.74. The molecule has 1 saturated carbocycles. The van der Waals surface area contributed by atoms with Crippen molar-refractivity contribution in [3.63, 3.8) is 0 Å². The number of anilines is 1. The molecule has 1 aliphatic rings. The summed E-state index contributed by atoms with van der Waals surface area (Å²) in [7, 11) is 0. The molecule has 4 heteroatoms. The highest BCUT2D eigenvalue weighted by Gasteiger charge is 2.36. The van der Waals surface area contributed by atoms with Crippen molar-refractivity contribution < 1.29 is 4.42 Å². The Morgan fingerprint density at radius 3 is 2.94 bits per heavy atom. The fourth-order valence-electron chi connectivity index (χ4n) is 2.02. The third kappa shape index (κ3) is 1.60. The molecule has 0 radical (unpaired) electrons. The molecule has 16 heavy (non-hydrogen) atoms. The normalized spacial score (nSPS) is 23.6. The molecule has 2 heterocycles. The number of nitrogen functional groups attached to an aromatic ring is 1. The van der Waals surface area contributed by atoms with E-state index in [0.717, 1.165) is 17.4 Å². The van der Waals surface area contributed by atoms with Crippen LogP contribution in [0.4, 0.5) is 5.82 Å². The number of nitrogens with zero attached hydrogens (tertiary/aromatic N) is 2. The molecule has 1 aliphatic carbocycles. The first kappa shape index (κ1) is 9.51. The minimum absolute atomic E-state index is 0.611. The van der Waals surface area contributed by atoms with E-state index >= 15 is 0 Å². The molecule has 4 nitrogen and oxygen atoms in total. The van der Waals surface area contributed by atoms with Gasteiger partial charge in [0.25, 0.3) is 0 Å². The topological polar surface area (TPSA) is 57.0 Å². The molecule has 2 aromatic rings. The maximum atomic E-state index is 5.79. The summed E-state index contributed by atoms with van der Waals surface area (Å²) < 4.78 is 7.52. The van der Waals surface area contributed by atoms with Gasteiger partial charge in [0.05, 0.1) is 6.20 Å². The van der Waals surface area contributed by atoms with Gasteiger partial charge in [0.1, 0.15) is 23.9 Å². The molecule has 0 spiro atoms. The fourth-order valence-corrected chi connectivity index (χ4v) is 2.02. The van der Waals surface area contributed by atoms with Gasteiger partial charge in [-0.2, -0.15) is 5.10 Å². The molecule has 0 aromatic carbocycles. The van der Waals surface area contributed by atoms with Crippen molar-refractivity contribution in [3.05, 3.63) is 35.9 Å². The lowest BCUT2D eigenvalue weighted by Crippen LogP contribution is -2.04. The van der Waals surface area contributed by atoms with Crippen molar-refractivity contribution in [1.82, 2.24) is 9.78 Å². The second-order valence-electron chi connectivity index (χ2n) is 4.54. The van der Waals surface area contributed by atoms with Gasteiger partial charge in [-0.15, -0.1) is 0 Å². The summed E-state index contributed by atoms with van der Waals surface area (Å²) in [6.45, 7) is 2.86. The zero-order valence-electron chi connectivity index (χ0n) is 9.26. The Hall–Kier alpha value is -1.71. The number of rotatable bonds is 3. The van der Waals surface area contributed by atoms with Gasteiger partial charge in [-0.3, -0.25) is 0 Å². The van der Waals surface area contributed by atoms with Crippen molar-refractivity contribution in [2.75, 3.05) is 5.73 Å². The van der Waals surface area contributed by atoms with Gasteiger partial charge < -0.3 is 10.2 Å². The van der Waals surface area contributed by atoms with Crippen LogP contribution in [-0.4, -0.2) is 9.78 Å². The van der Waals surface area contributed by atoms with Crippen LogP contribution < -0.4 is 5.73 Å². The molecule has 2 unspecified atom stereocenters. The van der Waals surface area contributed by atoms with Crippen molar-refractivity contribution in [3.8, 4) is 0 Å². The monoisotopic (exact) mass is 217 g/mol. The van der Waals surface area contributed by atoms with E-state index < -0.39 is 0 Å². The Labute approximate surface area is 94.0 Å². The molecule has 84 valence electrons. The Kier molecular flexibility index (Phi) is 2.02. The zero-order chi connectivity index (χ0) is 11.1. The van der Waals surface area contributed by atoms with Gasteiger partial charge in [-0.05, 0) is 30.5 Å². The summed E-state index contributed by atoms with van der Waals surface area (Å²) in [5.74, 6) is 4.09. The van der Waals surface area contributed by atoms with Crippen LogP contribution in [0.5, 0.6) is 0 Å². The molecule has 2 aromatic heterocycles. The van der Waals surface area contributed by atoms with E-state index in [1.54, 1.807) is 16.9 Å². The van der Waals surface area contributed by atoms with Gasteiger partial charge in [-0.25, -0.2) is 4.68 Å². The molecular formula is C12H15N3O. The minimum Gasteiger partial charge on any atom is -0.464 e. The molecule has 3 rings (SSSR count). The van der Waals surface area contributed by atoms with Gasteiger partial charge >= 0.3 is 0 Å². The predicted octanol–water partition coefficient (Wildman–Crippen LogP) is 2.23. The maximum Gasteiger partial charge on any atom is 0.125 e. The third-order valence-corrected chi connectivity index (χ3v) is 3.21. The van der Waals surface area contributed by atoms with E-state index in [-0.39, 0.29) is 0 Å². The molecule has 0 bridgehead atoms. The number of hydrogen-bond acceptors (Lipinski definition) is 3. The number of nitrogens with two attached hydrogens (primary N) is 1. The Balaban J connectivity index is 1.76. The lowest BCUT2D eigenvalue weighted by molar-refractivity contribution is 0.443. The summed E-state index contributed by atoms with van der Waals surface area (Å²) in [6.07, 6.45) is 2.94. The van der Waals surface area contributed by atoms with Crippen LogP contribution in [0.1, 0.15) is 30.8 Å². The lowest BCUT2D eigenvalue weighted by Gasteiger charge is -2.00. The van der Waals surface area contributed by atoms with Crippen molar-refractivity contribution in [1.29, 1.82) is 0 Å². The van der Waals surface area contributed by atoms with Gasteiger partial charge in [0.15, 0.2) is 0 Å². The van der Waals surface area contributed by atoms with Gasteiger partial charge in [-0.1, -0.05) is 6.92 Å². The van der Waals surface area contributed by atoms with Crippen molar-refractivity contribution in [2.45, 2.75) is 25.8 Å². The van der Waals surface area contributed by atoms with Crippen LogP contribution in [0.15, 0.2) is 28.8 Å². The first-order valence-electron chi connectivity index (χ1n) is 5.60. The van der Waals surface area contributed by atoms with Crippen molar-refractivity contribution >= 4 is 5.82 Å². The molecule has 2 atom stereocenters. The average molecular weight is 217 g/mol. The fraction of sp³-hybridized carbons (Fsp3) is 0.417. The van der Waals surface area contributed by atoms with Crippen LogP contribution in [-0.2, 0) is 6.54 Å². The molecular weight excluding hydrogens is 202 g/mol. The molecule has 0 saturated heterocycles. The third-order valence-electron chi connectivity index (χ3n) is 3.21. The summed E-state index contributed by atoms with van der Waals surface area (Å²) in [6, 6.07) is 5.87. The summed E-state index contributed by atoms with van der Waals surface area (Å²) >= 11 is 0. The molecule has 2 N–H and O–H groups in total. The van der Waals surface area contributed by atoms with Crippen LogP contribution in [0.25, 0.3) is 0 Å². The largest absolute Gasteiger partial charge is 0.464 e. The zero-order valence-corrected chi connectivity index (χ0v) is 9.26. The maximum absolute atomic E-state index is 5.79. The highest BCUT2D eigenvalue weighted by molar-refractivity contribution is 5.27. The number of furan rings is 1. The summed E-state index contributed by atoms with van der Waals surface area (Å²) in [4.78, 5) is 0. The van der Waals surface area contributed by atoms with Crippen molar-refractivity contribution in [2.24, 2.45) is 5.92 Å². The van der Waals surface area contributed by atoms with Crippen LogP contribution in [0.3, 0.4) is 0 Å². The van der Waals surface area contributed by atoms with E-state index in [2.05, 4.69) is 18.1 Å². The quantitative estimate of drug-likeness (QED) is 0.857.